The highest BCUT2D eigenvalue weighted by molar-refractivity contribution is 14.0. The number of ether oxygens (including phenoxy) is 2. The maximum atomic E-state index is 13.5. The number of rotatable bonds is 7. The first-order chi connectivity index (χ1) is 14.0. The third kappa shape index (κ3) is 5.56. The highest BCUT2D eigenvalue weighted by Gasteiger charge is 2.14. The number of fused-ring (bicyclic) bond motifs is 1. The molecule has 8 heteroatoms. The average Bonchev–Trinajstić information content (AvgIpc) is 3.14. The minimum absolute atomic E-state index is 0. The van der Waals surface area contributed by atoms with Crippen LogP contribution in [0.25, 0.3) is 10.9 Å². The zero-order valence-electron chi connectivity index (χ0n) is 17.6. The number of hydrogen-bond acceptors (Lipinski definition) is 3. The molecule has 0 aliphatic rings. The van der Waals surface area contributed by atoms with Crippen molar-refractivity contribution in [1.29, 1.82) is 0 Å². The van der Waals surface area contributed by atoms with Crippen LogP contribution in [0, 0.1) is 5.82 Å². The van der Waals surface area contributed by atoms with E-state index in [1.807, 2.05) is 31.3 Å². The van der Waals surface area contributed by atoms with Gasteiger partial charge < -0.3 is 25.1 Å². The van der Waals surface area contributed by atoms with Crippen LogP contribution >= 0.6 is 24.0 Å². The number of hydrogen-bond donors (Lipinski definition) is 3. The molecule has 0 amide bonds. The molecule has 6 nitrogen and oxygen atoms in total. The average molecular weight is 526 g/mol. The Bertz CT molecular complexity index is 1010. The Morgan fingerprint density at radius 1 is 1.17 bits per heavy atom. The predicted octanol–water partition coefficient (Wildman–Crippen LogP) is 4.41. The van der Waals surface area contributed by atoms with Crippen LogP contribution in [0.2, 0.25) is 0 Å². The van der Waals surface area contributed by atoms with E-state index in [9.17, 15) is 4.39 Å². The number of H-pyrrole nitrogens is 1. The van der Waals surface area contributed by atoms with E-state index >= 15 is 0 Å². The lowest BCUT2D eigenvalue weighted by Crippen LogP contribution is -2.39. The molecule has 162 valence electrons. The Morgan fingerprint density at radius 2 is 1.97 bits per heavy atom. The van der Waals surface area contributed by atoms with Gasteiger partial charge in [0.25, 0.3) is 0 Å². The van der Waals surface area contributed by atoms with E-state index in [-0.39, 0.29) is 35.8 Å². The highest BCUT2D eigenvalue weighted by Crippen LogP contribution is 2.29. The summed E-state index contributed by atoms with van der Waals surface area (Å²) in [5.74, 6) is 1.99. The number of aliphatic imine (C=N–C) groups is 1. The Hall–Kier alpha value is -2.49. The van der Waals surface area contributed by atoms with Gasteiger partial charge in [0.2, 0.25) is 0 Å². The summed E-state index contributed by atoms with van der Waals surface area (Å²) < 4.78 is 24.3. The number of guanidine groups is 1. The standard InChI is InChI=1S/C22H27FN4O2.HI/c1-14(18-12-17(28-3)6-8-21(18)29-4)27-22(24-2)25-10-9-15-13-26-20-7-5-16(23)11-19(15)20;/h5-8,11-14,26H,9-10H2,1-4H3,(H2,24,25,27);1H. The molecule has 1 atom stereocenters. The smallest absolute Gasteiger partial charge is 0.191 e. The number of nitrogens with one attached hydrogen (secondary N) is 3. The van der Waals surface area contributed by atoms with Crippen LogP contribution in [0.1, 0.15) is 24.1 Å². The topological polar surface area (TPSA) is 70.7 Å². The van der Waals surface area contributed by atoms with Crippen LogP contribution in [0.4, 0.5) is 4.39 Å². The van der Waals surface area contributed by atoms with E-state index in [2.05, 4.69) is 20.6 Å². The molecule has 0 aliphatic heterocycles. The van der Waals surface area contributed by atoms with Crippen molar-refractivity contribution in [3.05, 3.63) is 59.5 Å². The molecule has 0 saturated carbocycles. The molecule has 2 aromatic carbocycles. The summed E-state index contributed by atoms with van der Waals surface area (Å²) in [5.41, 5.74) is 2.97. The van der Waals surface area contributed by atoms with Crippen LogP contribution in [-0.4, -0.2) is 38.8 Å². The zero-order chi connectivity index (χ0) is 20.8. The molecule has 0 spiro atoms. The number of methoxy groups -OCH3 is 2. The van der Waals surface area contributed by atoms with Crippen LogP contribution in [-0.2, 0) is 6.42 Å². The Morgan fingerprint density at radius 3 is 2.67 bits per heavy atom. The first-order valence-electron chi connectivity index (χ1n) is 9.50. The molecular formula is C22H28FIN4O2. The molecular weight excluding hydrogens is 498 g/mol. The number of aromatic amines is 1. The quantitative estimate of drug-likeness (QED) is 0.243. The Labute approximate surface area is 193 Å². The second kappa shape index (κ2) is 11.1. The second-order valence-corrected chi connectivity index (χ2v) is 6.73. The van der Waals surface area contributed by atoms with Crippen molar-refractivity contribution in [2.75, 3.05) is 27.8 Å². The van der Waals surface area contributed by atoms with Crippen LogP contribution in [0.3, 0.4) is 0 Å². The third-order valence-electron chi connectivity index (χ3n) is 4.90. The number of aromatic nitrogens is 1. The van der Waals surface area contributed by atoms with Crippen molar-refractivity contribution in [2.45, 2.75) is 19.4 Å². The van der Waals surface area contributed by atoms with Crippen molar-refractivity contribution in [1.82, 2.24) is 15.6 Å². The van der Waals surface area contributed by atoms with Crippen molar-refractivity contribution >= 4 is 40.8 Å². The van der Waals surface area contributed by atoms with Crippen LogP contribution < -0.4 is 20.1 Å². The van der Waals surface area contributed by atoms with E-state index < -0.39 is 0 Å². The van der Waals surface area contributed by atoms with E-state index in [1.165, 1.54) is 6.07 Å². The summed E-state index contributed by atoms with van der Waals surface area (Å²) in [6, 6.07) is 10.4. The molecule has 0 bridgehead atoms. The summed E-state index contributed by atoms with van der Waals surface area (Å²) in [5, 5.41) is 7.59. The van der Waals surface area contributed by atoms with Crippen LogP contribution in [0.5, 0.6) is 11.5 Å². The normalized spacial score (nSPS) is 12.2. The molecule has 0 saturated heterocycles. The van der Waals surface area contributed by atoms with Crippen molar-refractivity contribution in [3.8, 4) is 11.5 Å². The molecule has 3 N–H and O–H groups in total. The molecule has 0 radical (unpaired) electrons. The SMILES string of the molecule is CN=C(NCCc1c[nH]c2ccc(F)cc12)NC(C)c1cc(OC)ccc1OC.I. The Kier molecular flexibility index (Phi) is 8.76. The fourth-order valence-corrected chi connectivity index (χ4v) is 3.33. The first-order valence-corrected chi connectivity index (χ1v) is 9.50. The van der Waals surface area contributed by atoms with Gasteiger partial charge in [-0.2, -0.15) is 0 Å². The summed E-state index contributed by atoms with van der Waals surface area (Å²) in [4.78, 5) is 7.48. The fourth-order valence-electron chi connectivity index (χ4n) is 3.33. The molecule has 0 aliphatic carbocycles. The zero-order valence-corrected chi connectivity index (χ0v) is 19.9. The molecule has 3 aromatic rings. The lowest BCUT2D eigenvalue weighted by molar-refractivity contribution is 0.394. The minimum Gasteiger partial charge on any atom is -0.497 e. The summed E-state index contributed by atoms with van der Waals surface area (Å²) in [6.07, 6.45) is 2.66. The van der Waals surface area contributed by atoms with E-state index in [0.29, 0.717) is 12.5 Å². The van der Waals surface area contributed by atoms with Gasteiger partial charge in [0.05, 0.1) is 20.3 Å². The molecule has 0 fully saturated rings. The van der Waals surface area contributed by atoms with Gasteiger partial charge in [0, 0.05) is 36.3 Å². The predicted molar refractivity (Wildman–Crippen MR) is 130 cm³/mol. The fraction of sp³-hybridized carbons (Fsp3) is 0.318. The summed E-state index contributed by atoms with van der Waals surface area (Å²) in [6.45, 7) is 2.69. The number of nitrogens with zero attached hydrogens (tertiary/aromatic N) is 1. The molecule has 1 unspecified atom stereocenters. The highest BCUT2D eigenvalue weighted by atomic mass is 127. The van der Waals surface area contributed by atoms with E-state index in [1.54, 1.807) is 33.4 Å². The van der Waals surface area contributed by atoms with E-state index in [0.717, 1.165) is 39.9 Å². The van der Waals surface area contributed by atoms with E-state index in [4.69, 9.17) is 9.47 Å². The van der Waals surface area contributed by atoms with Gasteiger partial charge in [0.1, 0.15) is 17.3 Å². The first kappa shape index (κ1) is 23.8. The van der Waals surface area contributed by atoms with Gasteiger partial charge in [-0.15, -0.1) is 24.0 Å². The Balaban J connectivity index is 0.00000320. The van der Waals surface area contributed by atoms with Gasteiger partial charge in [-0.25, -0.2) is 4.39 Å². The summed E-state index contributed by atoms with van der Waals surface area (Å²) >= 11 is 0. The van der Waals surface area contributed by atoms with Gasteiger partial charge in [-0.1, -0.05) is 0 Å². The molecule has 1 heterocycles. The minimum atomic E-state index is -0.232. The van der Waals surface area contributed by atoms with Gasteiger partial charge in [-0.3, -0.25) is 4.99 Å². The van der Waals surface area contributed by atoms with Crippen LogP contribution in [0.15, 0.2) is 47.6 Å². The van der Waals surface area contributed by atoms with Gasteiger partial charge in [-0.05, 0) is 55.3 Å². The lowest BCUT2D eigenvalue weighted by Gasteiger charge is -2.20. The van der Waals surface area contributed by atoms with Gasteiger partial charge in [0.15, 0.2) is 5.96 Å². The van der Waals surface area contributed by atoms with Crippen molar-refractivity contribution < 1.29 is 13.9 Å². The number of benzene rings is 2. The molecule has 30 heavy (non-hydrogen) atoms. The molecule has 1 aromatic heterocycles. The van der Waals surface area contributed by atoms with Crippen molar-refractivity contribution in [3.63, 3.8) is 0 Å². The number of halogens is 2. The van der Waals surface area contributed by atoms with Gasteiger partial charge >= 0.3 is 0 Å². The van der Waals surface area contributed by atoms with Crippen molar-refractivity contribution in [2.24, 2.45) is 4.99 Å². The maximum Gasteiger partial charge on any atom is 0.191 e. The second-order valence-electron chi connectivity index (χ2n) is 6.73. The third-order valence-corrected chi connectivity index (χ3v) is 4.90. The maximum absolute atomic E-state index is 13.5. The largest absolute Gasteiger partial charge is 0.497 e. The monoisotopic (exact) mass is 526 g/mol. The summed E-state index contributed by atoms with van der Waals surface area (Å²) in [7, 11) is 5.02. The molecule has 3 rings (SSSR count). The lowest BCUT2D eigenvalue weighted by atomic mass is 10.1.